The van der Waals surface area contributed by atoms with Gasteiger partial charge in [-0.2, -0.15) is 0 Å². The molecular formula is C24H25N3O3. The molecule has 1 aliphatic carbocycles. The van der Waals surface area contributed by atoms with Crippen molar-refractivity contribution in [2.24, 2.45) is 0 Å². The van der Waals surface area contributed by atoms with Crippen molar-refractivity contribution in [1.29, 1.82) is 0 Å². The van der Waals surface area contributed by atoms with E-state index < -0.39 is 12.0 Å². The number of carbonyl (C=O) groups excluding carboxylic acids is 2. The van der Waals surface area contributed by atoms with Crippen LogP contribution in [0.15, 0.2) is 48.5 Å². The Morgan fingerprint density at radius 1 is 1.07 bits per heavy atom. The third-order valence-electron chi connectivity index (χ3n) is 5.50. The molecule has 1 saturated carbocycles. The average molecular weight is 403 g/mol. The Balaban J connectivity index is 1.45. The van der Waals surface area contributed by atoms with Crippen LogP contribution in [0.5, 0.6) is 5.75 Å². The number of hydrogen-bond acceptors (Lipinski definition) is 4. The number of fused-ring (bicyclic) bond motifs is 1. The number of nitrogens with one attached hydrogen (secondary N) is 2. The molecule has 6 nitrogen and oxygen atoms in total. The van der Waals surface area contributed by atoms with Gasteiger partial charge < -0.3 is 4.74 Å². The first-order valence-corrected chi connectivity index (χ1v) is 10.2. The highest BCUT2D eigenvalue weighted by atomic mass is 16.5. The lowest BCUT2D eigenvalue weighted by Crippen LogP contribution is -2.47. The molecule has 0 aliphatic heterocycles. The number of aryl methyl sites for hydroxylation is 1. The molecule has 1 unspecified atom stereocenters. The lowest BCUT2D eigenvalue weighted by Gasteiger charge is -2.17. The van der Waals surface area contributed by atoms with Crippen molar-refractivity contribution in [2.75, 3.05) is 0 Å². The number of aromatic nitrogens is 1. The molecule has 3 aromatic rings. The number of hydrazine groups is 1. The lowest BCUT2D eigenvalue weighted by atomic mass is 10.1. The predicted molar refractivity (Wildman–Crippen MR) is 115 cm³/mol. The summed E-state index contributed by atoms with van der Waals surface area (Å²) in [4.78, 5) is 30.0. The van der Waals surface area contributed by atoms with Crippen LogP contribution in [0.4, 0.5) is 0 Å². The maximum absolute atomic E-state index is 12.8. The smallest absolute Gasteiger partial charge is 0.279 e. The molecule has 1 atom stereocenters. The summed E-state index contributed by atoms with van der Waals surface area (Å²) < 4.78 is 5.78. The standard InChI is InChI=1S/C24H25N3O3/c1-14-7-6-10-22(15(14)2)30-16(3)23(28)26-27-24(29)19-13-21(17-11-12-17)25-20-9-5-4-8-18(19)20/h4-10,13,16-17H,11-12H2,1-3H3,(H,26,28)(H,27,29). The molecule has 4 rings (SSSR count). The van der Waals surface area contributed by atoms with E-state index in [0.29, 0.717) is 17.2 Å². The Morgan fingerprint density at radius 2 is 1.83 bits per heavy atom. The van der Waals surface area contributed by atoms with Crippen LogP contribution in [-0.2, 0) is 4.79 Å². The zero-order valence-electron chi connectivity index (χ0n) is 17.4. The van der Waals surface area contributed by atoms with Crippen LogP contribution >= 0.6 is 0 Å². The van der Waals surface area contributed by atoms with Crippen molar-refractivity contribution in [3.05, 3.63) is 70.9 Å². The van der Waals surface area contributed by atoms with Gasteiger partial charge in [-0.25, -0.2) is 0 Å². The van der Waals surface area contributed by atoms with E-state index >= 15 is 0 Å². The Labute approximate surface area is 175 Å². The minimum Gasteiger partial charge on any atom is -0.481 e. The van der Waals surface area contributed by atoms with E-state index in [9.17, 15) is 9.59 Å². The molecule has 1 aromatic heterocycles. The molecule has 1 heterocycles. The molecular weight excluding hydrogens is 378 g/mol. The molecule has 6 heteroatoms. The molecule has 1 fully saturated rings. The summed E-state index contributed by atoms with van der Waals surface area (Å²) in [5, 5.41) is 0.758. The maximum atomic E-state index is 12.8. The fourth-order valence-electron chi connectivity index (χ4n) is 3.36. The highest BCUT2D eigenvalue weighted by molar-refractivity contribution is 6.06. The summed E-state index contributed by atoms with van der Waals surface area (Å²) in [6, 6.07) is 15.1. The zero-order chi connectivity index (χ0) is 21.3. The van der Waals surface area contributed by atoms with Crippen molar-refractivity contribution < 1.29 is 14.3 Å². The minimum atomic E-state index is -0.762. The first-order valence-electron chi connectivity index (χ1n) is 10.2. The minimum absolute atomic E-state index is 0.372. The largest absolute Gasteiger partial charge is 0.481 e. The first kappa shape index (κ1) is 19.9. The number of para-hydroxylation sites is 1. The van der Waals surface area contributed by atoms with Crippen molar-refractivity contribution in [3.63, 3.8) is 0 Å². The van der Waals surface area contributed by atoms with Crippen LogP contribution in [0.1, 0.15) is 52.9 Å². The van der Waals surface area contributed by atoms with Crippen molar-refractivity contribution >= 4 is 22.7 Å². The molecule has 2 N–H and O–H groups in total. The predicted octanol–water partition coefficient (Wildman–Crippen LogP) is 3.96. The molecule has 0 spiro atoms. The number of rotatable bonds is 5. The molecule has 0 bridgehead atoms. The molecule has 0 saturated heterocycles. The summed E-state index contributed by atoms with van der Waals surface area (Å²) in [6.45, 7) is 5.58. The summed E-state index contributed by atoms with van der Waals surface area (Å²) >= 11 is 0. The van der Waals surface area contributed by atoms with Gasteiger partial charge in [0, 0.05) is 17.0 Å². The fraction of sp³-hybridized carbons (Fsp3) is 0.292. The van der Waals surface area contributed by atoms with E-state index in [4.69, 9.17) is 4.74 Å². The Kier molecular flexibility index (Phi) is 5.40. The van der Waals surface area contributed by atoms with E-state index in [1.165, 1.54) is 0 Å². The number of pyridine rings is 1. The van der Waals surface area contributed by atoms with E-state index in [1.54, 1.807) is 6.92 Å². The zero-order valence-corrected chi connectivity index (χ0v) is 17.4. The second kappa shape index (κ2) is 8.14. The van der Waals surface area contributed by atoms with Crippen molar-refractivity contribution in [2.45, 2.75) is 45.6 Å². The molecule has 0 radical (unpaired) electrons. The molecule has 154 valence electrons. The van der Waals surface area contributed by atoms with E-state index in [1.807, 2.05) is 62.4 Å². The van der Waals surface area contributed by atoms with Crippen LogP contribution in [0.25, 0.3) is 10.9 Å². The molecule has 2 amide bonds. The van der Waals surface area contributed by atoms with Gasteiger partial charge in [-0.1, -0.05) is 30.3 Å². The van der Waals surface area contributed by atoms with Gasteiger partial charge in [-0.15, -0.1) is 0 Å². The number of nitrogens with zero attached hydrogens (tertiary/aromatic N) is 1. The topological polar surface area (TPSA) is 80.3 Å². The van der Waals surface area contributed by atoms with E-state index in [2.05, 4.69) is 15.8 Å². The highest BCUT2D eigenvalue weighted by Gasteiger charge is 2.27. The summed E-state index contributed by atoms with van der Waals surface area (Å²) in [6.07, 6.45) is 1.43. The van der Waals surface area contributed by atoms with Gasteiger partial charge in [0.15, 0.2) is 6.10 Å². The van der Waals surface area contributed by atoms with Crippen LogP contribution < -0.4 is 15.6 Å². The number of benzene rings is 2. The Hall–Kier alpha value is -3.41. The summed E-state index contributed by atoms with van der Waals surface area (Å²) in [7, 11) is 0. The average Bonchev–Trinajstić information content (AvgIpc) is 3.59. The number of hydrogen-bond donors (Lipinski definition) is 2. The summed E-state index contributed by atoms with van der Waals surface area (Å²) in [5.41, 5.74) is 9.29. The van der Waals surface area contributed by atoms with Gasteiger partial charge in [0.05, 0.1) is 11.1 Å². The third-order valence-corrected chi connectivity index (χ3v) is 5.50. The number of amides is 2. The quantitative estimate of drug-likeness (QED) is 0.632. The van der Waals surface area contributed by atoms with Gasteiger partial charge in [-0.05, 0) is 62.9 Å². The normalized spacial score (nSPS) is 14.2. The van der Waals surface area contributed by atoms with Crippen LogP contribution in [-0.4, -0.2) is 22.9 Å². The van der Waals surface area contributed by atoms with Gasteiger partial charge in [-0.3, -0.25) is 25.4 Å². The van der Waals surface area contributed by atoms with E-state index in [-0.39, 0.29) is 5.91 Å². The molecule has 2 aromatic carbocycles. The fourth-order valence-corrected chi connectivity index (χ4v) is 3.36. The number of carbonyl (C=O) groups is 2. The number of ether oxygens (including phenoxy) is 1. The van der Waals surface area contributed by atoms with Crippen LogP contribution in [0.3, 0.4) is 0 Å². The van der Waals surface area contributed by atoms with Crippen LogP contribution in [0, 0.1) is 13.8 Å². The second-order valence-electron chi connectivity index (χ2n) is 7.79. The monoisotopic (exact) mass is 403 g/mol. The maximum Gasteiger partial charge on any atom is 0.279 e. The third kappa shape index (κ3) is 4.13. The molecule has 1 aliphatic rings. The van der Waals surface area contributed by atoms with Gasteiger partial charge in [0.1, 0.15) is 5.75 Å². The highest BCUT2D eigenvalue weighted by Crippen LogP contribution is 2.40. The van der Waals surface area contributed by atoms with Crippen LogP contribution in [0.2, 0.25) is 0 Å². The SMILES string of the molecule is Cc1cccc(OC(C)C(=O)NNC(=O)c2cc(C3CC3)nc3ccccc23)c1C. The van der Waals surface area contributed by atoms with Gasteiger partial charge in [0.2, 0.25) is 0 Å². The summed E-state index contributed by atoms with van der Waals surface area (Å²) in [5.74, 6) is 0.271. The lowest BCUT2D eigenvalue weighted by molar-refractivity contribution is -0.128. The molecule has 30 heavy (non-hydrogen) atoms. The van der Waals surface area contributed by atoms with E-state index in [0.717, 1.165) is 40.6 Å². The Morgan fingerprint density at radius 3 is 2.60 bits per heavy atom. The second-order valence-corrected chi connectivity index (χ2v) is 7.79. The Bertz CT molecular complexity index is 1120. The first-order chi connectivity index (χ1) is 14.4. The van der Waals surface area contributed by atoms with Crippen molar-refractivity contribution in [1.82, 2.24) is 15.8 Å². The van der Waals surface area contributed by atoms with Crippen molar-refractivity contribution in [3.8, 4) is 5.75 Å². The van der Waals surface area contributed by atoms with Gasteiger partial charge >= 0.3 is 0 Å². The van der Waals surface area contributed by atoms with Gasteiger partial charge in [0.25, 0.3) is 11.8 Å².